The van der Waals surface area contributed by atoms with Crippen molar-refractivity contribution in [1.29, 1.82) is 0 Å². The van der Waals surface area contributed by atoms with Crippen molar-refractivity contribution in [3.8, 4) is 0 Å². The number of piperidine rings is 2. The maximum absolute atomic E-state index is 14.5. The molecule has 0 saturated carbocycles. The van der Waals surface area contributed by atoms with Crippen LogP contribution in [0.15, 0.2) is 0 Å². The van der Waals surface area contributed by atoms with Crippen molar-refractivity contribution in [3.63, 3.8) is 0 Å². The molecule has 2 rings (SSSR count). The van der Waals surface area contributed by atoms with E-state index < -0.39 is 5.67 Å². The van der Waals surface area contributed by atoms with Gasteiger partial charge in [-0.3, -0.25) is 0 Å². The summed E-state index contributed by atoms with van der Waals surface area (Å²) in [4.78, 5) is 1.99. The van der Waals surface area contributed by atoms with Gasteiger partial charge in [-0.2, -0.15) is 0 Å². The third kappa shape index (κ3) is 3.59. The number of rotatable bonds is 3. The maximum Gasteiger partial charge on any atom is 0.126 e. The van der Waals surface area contributed by atoms with Crippen molar-refractivity contribution in [1.82, 2.24) is 15.1 Å². The highest BCUT2D eigenvalue weighted by Gasteiger charge is 2.37. The Kier molecular flexibility index (Phi) is 4.50. The zero-order valence-electron chi connectivity index (χ0n) is 10.9. The lowest BCUT2D eigenvalue weighted by Gasteiger charge is -2.39. The minimum Gasteiger partial charge on any atom is -0.300 e. The normalized spacial score (nSPS) is 27.8. The Labute approximate surface area is 106 Å². The van der Waals surface area contributed by atoms with E-state index in [0.717, 1.165) is 18.0 Å². The van der Waals surface area contributed by atoms with Crippen LogP contribution >= 0.6 is 0 Å². The summed E-state index contributed by atoms with van der Waals surface area (Å²) >= 11 is 0. The molecule has 18 heavy (non-hydrogen) atoms. The highest BCUT2D eigenvalue weighted by atomic mass is 19.2. The molecular weight excluding hydrogens is 243 g/mol. The van der Waals surface area contributed by atoms with Gasteiger partial charge in [0, 0.05) is 38.8 Å². The first-order valence-corrected chi connectivity index (χ1v) is 6.69. The maximum atomic E-state index is 14.5. The standard InChI is InChI=1S/C12H22F3N3/c1-16(11-2-6-17(14)7-3-11)10-12(13)4-8-18(15)9-5-12/h11H,2-10H2,1H3. The lowest BCUT2D eigenvalue weighted by atomic mass is 9.92. The molecule has 2 fully saturated rings. The smallest absolute Gasteiger partial charge is 0.126 e. The predicted molar refractivity (Wildman–Crippen MR) is 64.1 cm³/mol. The van der Waals surface area contributed by atoms with Gasteiger partial charge < -0.3 is 4.90 Å². The number of nitrogens with zero attached hydrogens (tertiary/aromatic N) is 3. The average Bonchev–Trinajstić information content (AvgIpc) is 2.34. The van der Waals surface area contributed by atoms with Gasteiger partial charge in [0.1, 0.15) is 5.67 Å². The van der Waals surface area contributed by atoms with Crippen LogP contribution in [-0.2, 0) is 0 Å². The fourth-order valence-corrected chi connectivity index (χ4v) is 2.89. The molecule has 0 aliphatic carbocycles. The molecule has 106 valence electrons. The summed E-state index contributed by atoms with van der Waals surface area (Å²) in [6.07, 6.45) is 1.96. The van der Waals surface area contributed by atoms with Crippen LogP contribution in [0.4, 0.5) is 13.4 Å². The van der Waals surface area contributed by atoms with E-state index in [4.69, 9.17) is 0 Å². The molecule has 0 N–H and O–H groups in total. The van der Waals surface area contributed by atoms with Crippen molar-refractivity contribution in [2.24, 2.45) is 0 Å². The minimum atomic E-state index is -1.29. The number of halogens is 3. The summed E-state index contributed by atoms with van der Waals surface area (Å²) in [7, 11) is 1.89. The molecule has 2 saturated heterocycles. The summed E-state index contributed by atoms with van der Waals surface area (Å²) in [5.41, 5.74) is -1.29. The predicted octanol–water partition coefficient (Wildman–Crippen LogP) is 1.96. The molecule has 2 aliphatic rings. The van der Waals surface area contributed by atoms with Crippen LogP contribution in [0.5, 0.6) is 0 Å². The topological polar surface area (TPSA) is 9.72 Å². The van der Waals surface area contributed by atoms with Gasteiger partial charge in [-0.15, -0.1) is 19.2 Å². The molecule has 0 aromatic rings. The van der Waals surface area contributed by atoms with E-state index in [-0.39, 0.29) is 32.0 Å². The van der Waals surface area contributed by atoms with Crippen LogP contribution in [0.3, 0.4) is 0 Å². The lowest BCUT2D eigenvalue weighted by molar-refractivity contribution is -0.0658. The van der Waals surface area contributed by atoms with Crippen molar-refractivity contribution >= 4 is 0 Å². The Morgan fingerprint density at radius 1 is 1.06 bits per heavy atom. The van der Waals surface area contributed by atoms with Crippen LogP contribution in [0, 0.1) is 0 Å². The third-order valence-corrected chi connectivity index (χ3v) is 4.17. The van der Waals surface area contributed by atoms with Crippen molar-refractivity contribution in [2.75, 3.05) is 39.8 Å². The van der Waals surface area contributed by atoms with Crippen LogP contribution in [0.2, 0.25) is 0 Å². The fourth-order valence-electron chi connectivity index (χ4n) is 2.89. The second kappa shape index (κ2) is 5.75. The number of alkyl halides is 1. The Hall–Kier alpha value is -0.330. The largest absolute Gasteiger partial charge is 0.300 e. The van der Waals surface area contributed by atoms with Crippen LogP contribution < -0.4 is 0 Å². The highest BCUT2D eigenvalue weighted by molar-refractivity contribution is 4.89. The minimum absolute atomic E-state index is 0.174. The molecular formula is C12H22F3N3. The summed E-state index contributed by atoms with van der Waals surface area (Å²) in [6.45, 7) is 1.53. The van der Waals surface area contributed by atoms with Crippen LogP contribution in [0.25, 0.3) is 0 Å². The molecule has 0 amide bonds. The second-order valence-corrected chi connectivity index (χ2v) is 5.62. The van der Waals surface area contributed by atoms with E-state index in [9.17, 15) is 13.4 Å². The van der Waals surface area contributed by atoms with E-state index in [2.05, 4.69) is 0 Å². The Bertz CT molecular complexity index is 261. The zero-order valence-corrected chi connectivity index (χ0v) is 10.9. The molecule has 0 aromatic heterocycles. The monoisotopic (exact) mass is 265 g/mol. The number of hydrogen-bond acceptors (Lipinski definition) is 3. The molecule has 0 atom stereocenters. The van der Waals surface area contributed by atoms with Gasteiger partial charge in [-0.05, 0) is 32.7 Å². The highest BCUT2D eigenvalue weighted by Crippen LogP contribution is 2.29. The SMILES string of the molecule is CN(CC1(F)CCN(F)CC1)C1CCN(F)CC1. The first-order valence-electron chi connectivity index (χ1n) is 6.69. The lowest BCUT2D eigenvalue weighted by Crippen LogP contribution is -2.50. The Morgan fingerprint density at radius 3 is 2.11 bits per heavy atom. The molecule has 0 bridgehead atoms. The van der Waals surface area contributed by atoms with Crippen LogP contribution in [0.1, 0.15) is 25.7 Å². The van der Waals surface area contributed by atoms with Gasteiger partial charge in [0.25, 0.3) is 0 Å². The molecule has 6 heteroatoms. The van der Waals surface area contributed by atoms with Gasteiger partial charge >= 0.3 is 0 Å². The van der Waals surface area contributed by atoms with Gasteiger partial charge in [-0.1, -0.05) is 0 Å². The first kappa shape index (κ1) is 14.1. The first-order chi connectivity index (χ1) is 8.48. The second-order valence-electron chi connectivity index (χ2n) is 5.62. The Balaban J connectivity index is 1.81. The molecule has 0 aromatic carbocycles. The van der Waals surface area contributed by atoms with E-state index in [1.165, 1.54) is 0 Å². The number of hydrogen-bond donors (Lipinski definition) is 0. The van der Waals surface area contributed by atoms with Crippen LogP contribution in [-0.4, -0.2) is 66.6 Å². The molecule has 2 heterocycles. The van der Waals surface area contributed by atoms with E-state index >= 15 is 0 Å². The van der Waals surface area contributed by atoms with Crippen molar-refractivity contribution in [2.45, 2.75) is 37.4 Å². The summed E-state index contributed by atoms with van der Waals surface area (Å²) in [6, 6.07) is 0.244. The zero-order chi connectivity index (χ0) is 13.2. The van der Waals surface area contributed by atoms with Crippen molar-refractivity contribution < 1.29 is 13.4 Å². The van der Waals surface area contributed by atoms with E-state index in [1.54, 1.807) is 0 Å². The molecule has 0 radical (unpaired) electrons. The Morgan fingerprint density at radius 2 is 1.56 bits per heavy atom. The quantitative estimate of drug-likeness (QED) is 0.722. The average molecular weight is 265 g/mol. The molecule has 0 spiro atoms. The van der Waals surface area contributed by atoms with Gasteiger partial charge in [0.2, 0.25) is 0 Å². The summed E-state index contributed by atoms with van der Waals surface area (Å²) < 4.78 is 40.3. The van der Waals surface area contributed by atoms with Gasteiger partial charge in [0.15, 0.2) is 0 Å². The van der Waals surface area contributed by atoms with E-state index in [1.807, 2.05) is 11.9 Å². The van der Waals surface area contributed by atoms with Gasteiger partial charge in [0.05, 0.1) is 0 Å². The van der Waals surface area contributed by atoms with Gasteiger partial charge in [-0.25, -0.2) is 4.39 Å². The fraction of sp³-hybridized carbons (Fsp3) is 1.00. The molecule has 0 unspecified atom stereocenters. The summed E-state index contributed by atoms with van der Waals surface area (Å²) in [5, 5.41) is 1.50. The molecule has 3 nitrogen and oxygen atoms in total. The van der Waals surface area contributed by atoms with E-state index in [0.29, 0.717) is 24.8 Å². The molecule has 2 aliphatic heterocycles. The van der Waals surface area contributed by atoms with Crippen molar-refractivity contribution in [3.05, 3.63) is 0 Å². The summed E-state index contributed by atoms with van der Waals surface area (Å²) in [5.74, 6) is 0. The third-order valence-electron chi connectivity index (χ3n) is 4.17.